The molecule has 0 aliphatic heterocycles. The van der Waals surface area contributed by atoms with Crippen molar-refractivity contribution in [1.82, 2.24) is 9.80 Å². The van der Waals surface area contributed by atoms with Crippen molar-refractivity contribution in [2.24, 2.45) is 0 Å². The molecule has 0 unspecified atom stereocenters. The number of nitrogens with zero attached hydrogens (tertiary/aromatic N) is 2. The molecule has 0 rings (SSSR count). The molecule has 0 aliphatic rings. The van der Waals surface area contributed by atoms with E-state index < -0.39 is 5.97 Å². The van der Waals surface area contributed by atoms with Crippen LogP contribution in [0.5, 0.6) is 0 Å². The molecule has 0 fully saturated rings. The summed E-state index contributed by atoms with van der Waals surface area (Å²) in [6.45, 7) is 3.92. The van der Waals surface area contributed by atoms with Crippen LogP contribution in [-0.2, 0) is 4.79 Å². The van der Waals surface area contributed by atoms with E-state index in [0.29, 0.717) is 6.54 Å². The molecule has 86 valence electrons. The van der Waals surface area contributed by atoms with Gasteiger partial charge < -0.3 is 14.9 Å². The summed E-state index contributed by atoms with van der Waals surface area (Å²) in [5, 5.41) is 8.50. The molecule has 0 aromatic heterocycles. The molecule has 2 amide bonds. The topological polar surface area (TPSA) is 60.9 Å². The highest BCUT2D eigenvalue weighted by molar-refractivity contribution is 5.79. The van der Waals surface area contributed by atoms with E-state index in [1.165, 1.54) is 16.8 Å². The molecule has 0 aliphatic carbocycles. The minimum atomic E-state index is -1.01. The molecular formula is C10H18N2O3. The smallest absolute Gasteiger partial charge is 0.323 e. The number of allylic oxidation sites excluding steroid dienone is 1. The van der Waals surface area contributed by atoms with Gasteiger partial charge in [0.1, 0.15) is 6.54 Å². The molecule has 0 aromatic carbocycles. The molecule has 0 radical (unpaired) electrons. The number of likely N-dealkylation sites (N-methyl/N-ethyl adjacent to an activating group) is 1. The fourth-order valence-electron chi connectivity index (χ4n) is 1.13. The molecule has 1 N–H and O–H groups in total. The Hall–Kier alpha value is -1.52. The third kappa shape index (κ3) is 5.72. The third-order valence-corrected chi connectivity index (χ3v) is 1.93. The highest BCUT2D eigenvalue weighted by Crippen LogP contribution is 1.98. The number of carbonyl (C=O) groups is 2. The Morgan fingerprint density at radius 2 is 1.93 bits per heavy atom. The second kappa shape index (κ2) is 6.86. The maximum absolute atomic E-state index is 11.5. The first-order valence-corrected chi connectivity index (χ1v) is 4.78. The zero-order valence-corrected chi connectivity index (χ0v) is 9.27. The molecule has 0 bridgehead atoms. The summed E-state index contributed by atoms with van der Waals surface area (Å²) in [5.41, 5.74) is 0. The normalized spacial score (nSPS) is 9.47. The van der Waals surface area contributed by atoms with E-state index in [4.69, 9.17) is 5.11 Å². The van der Waals surface area contributed by atoms with E-state index in [0.717, 1.165) is 12.8 Å². The summed E-state index contributed by atoms with van der Waals surface area (Å²) < 4.78 is 0. The molecule has 0 spiro atoms. The van der Waals surface area contributed by atoms with Gasteiger partial charge in [-0.25, -0.2) is 4.79 Å². The van der Waals surface area contributed by atoms with Crippen molar-refractivity contribution in [3.63, 3.8) is 0 Å². The zero-order chi connectivity index (χ0) is 11.8. The maximum atomic E-state index is 11.5. The van der Waals surface area contributed by atoms with Crippen molar-refractivity contribution < 1.29 is 14.7 Å². The summed E-state index contributed by atoms with van der Waals surface area (Å²) in [6, 6.07) is -0.276. The lowest BCUT2D eigenvalue weighted by Gasteiger charge is -2.23. The predicted octanol–water partition coefficient (Wildman–Crippen LogP) is 1.02. The van der Waals surface area contributed by atoms with Gasteiger partial charge in [0.15, 0.2) is 0 Å². The van der Waals surface area contributed by atoms with E-state index in [9.17, 15) is 9.59 Å². The fraction of sp³-hybridized carbons (Fsp3) is 0.600. The van der Waals surface area contributed by atoms with E-state index in [-0.39, 0.29) is 12.6 Å². The van der Waals surface area contributed by atoms with Crippen molar-refractivity contribution in [2.45, 2.75) is 12.8 Å². The van der Waals surface area contributed by atoms with Crippen molar-refractivity contribution in [3.05, 3.63) is 12.7 Å². The summed E-state index contributed by atoms with van der Waals surface area (Å²) in [6.07, 6.45) is 3.48. The highest BCUT2D eigenvalue weighted by atomic mass is 16.4. The van der Waals surface area contributed by atoms with E-state index in [1.54, 1.807) is 13.1 Å². The second-order valence-corrected chi connectivity index (χ2v) is 3.38. The first-order chi connectivity index (χ1) is 6.99. The molecule has 0 heterocycles. The minimum absolute atomic E-state index is 0.273. The summed E-state index contributed by atoms with van der Waals surface area (Å²) in [7, 11) is 3.13. The number of amides is 2. The van der Waals surface area contributed by atoms with Gasteiger partial charge in [-0.05, 0) is 12.8 Å². The number of carboxylic acid groups (broad SMARTS) is 1. The predicted molar refractivity (Wildman–Crippen MR) is 57.7 cm³/mol. The third-order valence-electron chi connectivity index (χ3n) is 1.93. The Labute approximate surface area is 90.0 Å². The number of carbonyl (C=O) groups excluding carboxylic acids is 1. The van der Waals surface area contributed by atoms with Crippen LogP contribution >= 0.6 is 0 Å². The Balaban J connectivity index is 3.95. The lowest BCUT2D eigenvalue weighted by molar-refractivity contribution is -0.137. The second-order valence-electron chi connectivity index (χ2n) is 3.38. The fourth-order valence-corrected chi connectivity index (χ4v) is 1.13. The van der Waals surface area contributed by atoms with Gasteiger partial charge in [-0.2, -0.15) is 0 Å². The monoisotopic (exact) mass is 214 g/mol. The number of rotatable bonds is 6. The van der Waals surface area contributed by atoms with Gasteiger partial charge >= 0.3 is 12.0 Å². The standard InChI is InChI=1S/C10H18N2O3/c1-4-5-6-7-11(2)10(15)12(3)8-9(13)14/h4H,1,5-8H2,2-3H3,(H,13,14). The minimum Gasteiger partial charge on any atom is -0.480 e. The summed E-state index contributed by atoms with van der Waals surface area (Å²) in [5.74, 6) is -1.01. The van der Waals surface area contributed by atoms with Gasteiger partial charge in [0.05, 0.1) is 0 Å². The summed E-state index contributed by atoms with van der Waals surface area (Å²) in [4.78, 5) is 24.6. The molecule has 15 heavy (non-hydrogen) atoms. The van der Waals surface area contributed by atoms with Gasteiger partial charge in [0.25, 0.3) is 0 Å². The first kappa shape index (κ1) is 13.5. The Bertz CT molecular complexity index is 241. The average Bonchev–Trinajstić information content (AvgIpc) is 2.15. The largest absolute Gasteiger partial charge is 0.480 e. The molecule has 0 saturated carbocycles. The van der Waals surface area contributed by atoms with E-state index in [1.807, 2.05) is 0 Å². The van der Waals surface area contributed by atoms with E-state index >= 15 is 0 Å². The van der Waals surface area contributed by atoms with Crippen LogP contribution in [0.15, 0.2) is 12.7 Å². The lowest BCUT2D eigenvalue weighted by Crippen LogP contribution is -2.41. The van der Waals surface area contributed by atoms with Gasteiger partial charge in [0.2, 0.25) is 0 Å². The quantitative estimate of drug-likeness (QED) is 0.530. The molecule has 5 nitrogen and oxygen atoms in total. The molecule has 0 atom stereocenters. The van der Waals surface area contributed by atoms with Gasteiger partial charge in [-0.1, -0.05) is 6.08 Å². The van der Waals surface area contributed by atoms with Gasteiger partial charge in [-0.3, -0.25) is 4.79 Å². The Morgan fingerprint density at radius 3 is 2.40 bits per heavy atom. The number of urea groups is 1. The van der Waals surface area contributed by atoms with Crippen molar-refractivity contribution in [1.29, 1.82) is 0 Å². The van der Waals surface area contributed by atoms with Crippen LogP contribution in [0, 0.1) is 0 Å². The lowest BCUT2D eigenvalue weighted by atomic mass is 10.3. The van der Waals surface area contributed by atoms with E-state index in [2.05, 4.69) is 6.58 Å². The van der Waals surface area contributed by atoms with Crippen LogP contribution in [0.3, 0.4) is 0 Å². The number of hydrogen-bond donors (Lipinski definition) is 1. The SMILES string of the molecule is C=CCCCN(C)C(=O)N(C)CC(=O)O. The zero-order valence-electron chi connectivity index (χ0n) is 9.27. The molecule has 0 aromatic rings. The number of hydrogen-bond acceptors (Lipinski definition) is 2. The molecular weight excluding hydrogens is 196 g/mol. The summed E-state index contributed by atoms with van der Waals surface area (Å²) >= 11 is 0. The van der Waals surface area contributed by atoms with Crippen molar-refractivity contribution >= 4 is 12.0 Å². The number of aliphatic carboxylic acids is 1. The number of unbranched alkanes of at least 4 members (excludes halogenated alkanes) is 1. The van der Waals surface area contributed by atoms with Crippen LogP contribution < -0.4 is 0 Å². The Morgan fingerprint density at radius 1 is 1.33 bits per heavy atom. The van der Waals surface area contributed by atoms with Crippen LogP contribution in [0.4, 0.5) is 4.79 Å². The maximum Gasteiger partial charge on any atom is 0.323 e. The van der Waals surface area contributed by atoms with Crippen LogP contribution in [0.25, 0.3) is 0 Å². The highest BCUT2D eigenvalue weighted by Gasteiger charge is 2.15. The van der Waals surface area contributed by atoms with Crippen molar-refractivity contribution in [2.75, 3.05) is 27.2 Å². The van der Waals surface area contributed by atoms with Crippen molar-refractivity contribution in [3.8, 4) is 0 Å². The number of carboxylic acids is 1. The average molecular weight is 214 g/mol. The Kier molecular flexibility index (Phi) is 6.17. The molecule has 5 heteroatoms. The molecule has 0 saturated heterocycles. The first-order valence-electron chi connectivity index (χ1n) is 4.78. The van der Waals surface area contributed by atoms with Gasteiger partial charge in [-0.15, -0.1) is 6.58 Å². The van der Waals surface area contributed by atoms with Crippen LogP contribution in [0.2, 0.25) is 0 Å². The van der Waals surface area contributed by atoms with Crippen LogP contribution in [-0.4, -0.2) is 54.1 Å². The van der Waals surface area contributed by atoms with Crippen LogP contribution in [0.1, 0.15) is 12.8 Å². The van der Waals surface area contributed by atoms with Gasteiger partial charge in [0, 0.05) is 20.6 Å².